The minimum absolute atomic E-state index is 0.125. The number of nitrogens with zero attached hydrogens (tertiary/aromatic N) is 1. The molecule has 0 aliphatic rings. The molecule has 0 saturated carbocycles. The molecular weight excluding hydrogens is 215 g/mol. The fourth-order valence-electron chi connectivity index (χ4n) is 1.18. The Morgan fingerprint density at radius 3 is 2.81 bits per heavy atom. The first kappa shape index (κ1) is 12.1. The normalized spacial score (nSPS) is 9.88. The quantitative estimate of drug-likeness (QED) is 0.629. The minimum atomic E-state index is -0.774. The molecule has 1 aromatic rings. The van der Waals surface area contributed by atoms with Gasteiger partial charge in [0.15, 0.2) is 0 Å². The molecule has 0 radical (unpaired) electrons. The third-order valence-electron chi connectivity index (χ3n) is 1.94. The van der Waals surface area contributed by atoms with Gasteiger partial charge in [-0.05, 0) is 18.6 Å². The summed E-state index contributed by atoms with van der Waals surface area (Å²) in [6.07, 6.45) is 0.723. The second-order valence-corrected chi connectivity index (χ2v) is 3.17. The van der Waals surface area contributed by atoms with Gasteiger partial charge in [0.1, 0.15) is 11.4 Å². The third kappa shape index (κ3) is 2.75. The van der Waals surface area contributed by atoms with Gasteiger partial charge in [-0.3, -0.25) is 14.9 Å². The molecule has 0 fully saturated rings. The zero-order valence-corrected chi connectivity index (χ0v) is 8.70. The van der Waals surface area contributed by atoms with Crippen LogP contribution in [0.2, 0.25) is 0 Å². The van der Waals surface area contributed by atoms with Crippen molar-refractivity contribution in [2.75, 3.05) is 6.54 Å². The Balaban J connectivity index is 3.03. The first-order valence-electron chi connectivity index (χ1n) is 4.78. The summed E-state index contributed by atoms with van der Waals surface area (Å²) in [5.41, 5.74) is -0.645. The van der Waals surface area contributed by atoms with Gasteiger partial charge in [-0.1, -0.05) is 6.92 Å². The first-order valence-corrected chi connectivity index (χ1v) is 4.78. The van der Waals surface area contributed by atoms with Crippen LogP contribution in [0.4, 0.5) is 10.1 Å². The predicted molar refractivity (Wildman–Crippen MR) is 55.7 cm³/mol. The van der Waals surface area contributed by atoms with Crippen molar-refractivity contribution >= 4 is 11.6 Å². The Labute approximate surface area is 91.4 Å². The highest BCUT2D eigenvalue weighted by atomic mass is 19.1. The van der Waals surface area contributed by atoms with Gasteiger partial charge in [0.2, 0.25) is 0 Å². The number of amides is 1. The van der Waals surface area contributed by atoms with Crippen LogP contribution in [0.5, 0.6) is 0 Å². The second kappa shape index (κ2) is 5.20. The topological polar surface area (TPSA) is 72.2 Å². The molecule has 16 heavy (non-hydrogen) atoms. The van der Waals surface area contributed by atoms with Crippen molar-refractivity contribution in [1.29, 1.82) is 0 Å². The largest absolute Gasteiger partial charge is 0.352 e. The maximum absolute atomic E-state index is 12.8. The molecule has 86 valence electrons. The van der Waals surface area contributed by atoms with Crippen LogP contribution in [0.3, 0.4) is 0 Å². The van der Waals surface area contributed by atoms with Crippen molar-refractivity contribution in [2.24, 2.45) is 0 Å². The summed E-state index contributed by atoms with van der Waals surface area (Å²) in [6.45, 7) is 2.28. The van der Waals surface area contributed by atoms with Crippen LogP contribution in [0, 0.1) is 15.9 Å². The lowest BCUT2D eigenvalue weighted by Crippen LogP contribution is -2.24. The highest BCUT2D eigenvalue weighted by molar-refractivity contribution is 5.98. The van der Waals surface area contributed by atoms with E-state index < -0.39 is 22.3 Å². The number of nitro groups is 1. The molecule has 0 saturated heterocycles. The maximum atomic E-state index is 12.8. The number of carbonyl (C=O) groups excluding carboxylic acids is 1. The van der Waals surface area contributed by atoms with Gasteiger partial charge in [0, 0.05) is 6.54 Å². The molecule has 6 heteroatoms. The highest BCUT2D eigenvalue weighted by Crippen LogP contribution is 2.19. The van der Waals surface area contributed by atoms with Crippen LogP contribution in [-0.4, -0.2) is 17.4 Å². The number of hydrogen-bond acceptors (Lipinski definition) is 3. The van der Waals surface area contributed by atoms with Crippen LogP contribution >= 0.6 is 0 Å². The van der Waals surface area contributed by atoms with E-state index in [1.165, 1.54) is 0 Å². The van der Waals surface area contributed by atoms with Crippen LogP contribution in [0.15, 0.2) is 18.2 Å². The average molecular weight is 226 g/mol. The van der Waals surface area contributed by atoms with E-state index in [9.17, 15) is 19.3 Å². The van der Waals surface area contributed by atoms with E-state index in [1.54, 1.807) is 0 Å². The molecule has 1 rings (SSSR count). The van der Waals surface area contributed by atoms with E-state index in [-0.39, 0.29) is 5.56 Å². The summed E-state index contributed by atoms with van der Waals surface area (Å²) >= 11 is 0. The smallest absolute Gasteiger partial charge is 0.285 e. The van der Waals surface area contributed by atoms with E-state index in [0.29, 0.717) is 6.54 Å². The Hall–Kier alpha value is -1.98. The van der Waals surface area contributed by atoms with E-state index in [1.807, 2.05) is 6.92 Å². The van der Waals surface area contributed by atoms with E-state index in [2.05, 4.69) is 5.32 Å². The van der Waals surface area contributed by atoms with Gasteiger partial charge in [-0.2, -0.15) is 0 Å². The van der Waals surface area contributed by atoms with Crippen molar-refractivity contribution in [2.45, 2.75) is 13.3 Å². The summed E-state index contributed by atoms with van der Waals surface area (Å²) in [4.78, 5) is 21.3. The summed E-state index contributed by atoms with van der Waals surface area (Å²) in [5, 5.41) is 13.1. The van der Waals surface area contributed by atoms with E-state index in [4.69, 9.17) is 0 Å². The molecule has 0 atom stereocenters. The van der Waals surface area contributed by atoms with Crippen LogP contribution in [0.1, 0.15) is 23.7 Å². The van der Waals surface area contributed by atoms with E-state index >= 15 is 0 Å². The second-order valence-electron chi connectivity index (χ2n) is 3.17. The number of hydrogen-bond donors (Lipinski definition) is 1. The molecule has 0 aliphatic carbocycles. The lowest BCUT2D eigenvalue weighted by molar-refractivity contribution is -0.385. The van der Waals surface area contributed by atoms with Gasteiger partial charge in [0.25, 0.3) is 11.6 Å². The Morgan fingerprint density at radius 1 is 1.56 bits per heavy atom. The van der Waals surface area contributed by atoms with Gasteiger partial charge in [-0.15, -0.1) is 0 Å². The lowest BCUT2D eigenvalue weighted by atomic mass is 10.1. The molecule has 0 bridgehead atoms. The SMILES string of the molecule is CCCNC(=O)c1ccc(F)cc1[N+](=O)[O-]. The molecule has 0 spiro atoms. The molecule has 1 amide bonds. The number of halogens is 1. The first-order chi connectivity index (χ1) is 7.56. The van der Waals surface area contributed by atoms with Gasteiger partial charge < -0.3 is 5.32 Å². The number of rotatable bonds is 4. The molecule has 1 N–H and O–H groups in total. The van der Waals surface area contributed by atoms with Gasteiger partial charge >= 0.3 is 0 Å². The summed E-state index contributed by atoms with van der Waals surface area (Å²) < 4.78 is 12.8. The van der Waals surface area contributed by atoms with Crippen LogP contribution in [0.25, 0.3) is 0 Å². The number of nitrogens with one attached hydrogen (secondary N) is 1. The number of benzene rings is 1. The zero-order valence-electron chi connectivity index (χ0n) is 8.70. The minimum Gasteiger partial charge on any atom is -0.352 e. The van der Waals surface area contributed by atoms with Crippen molar-refractivity contribution < 1.29 is 14.1 Å². The van der Waals surface area contributed by atoms with Crippen molar-refractivity contribution in [1.82, 2.24) is 5.32 Å². The van der Waals surface area contributed by atoms with Crippen LogP contribution in [-0.2, 0) is 0 Å². The third-order valence-corrected chi connectivity index (χ3v) is 1.94. The molecular formula is C10H11FN2O3. The molecule has 0 heterocycles. The molecule has 0 aliphatic heterocycles. The predicted octanol–water partition coefficient (Wildman–Crippen LogP) is 1.87. The lowest BCUT2D eigenvalue weighted by Gasteiger charge is -2.04. The summed E-state index contributed by atoms with van der Waals surface area (Å²) in [6, 6.07) is 2.87. The van der Waals surface area contributed by atoms with Gasteiger partial charge in [-0.25, -0.2) is 4.39 Å². The average Bonchev–Trinajstić information content (AvgIpc) is 2.25. The number of nitro benzene ring substituents is 1. The number of carbonyl (C=O) groups is 1. The van der Waals surface area contributed by atoms with Gasteiger partial charge in [0.05, 0.1) is 11.0 Å². The standard InChI is InChI=1S/C10H11FN2O3/c1-2-5-12-10(14)8-4-3-7(11)6-9(8)13(15)16/h3-4,6H,2,5H2,1H3,(H,12,14). The Bertz CT molecular complexity index is 421. The van der Waals surface area contributed by atoms with Crippen molar-refractivity contribution in [3.8, 4) is 0 Å². The molecule has 5 nitrogen and oxygen atoms in total. The Kier molecular flexibility index (Phi) is 3.93. The summed E-state index contributed by atoms with van der Waals surface area (Å²) in [5.74, 6) is -1.30. The highest BCUT2D eigenvalue weighted by Gasteiger charge is 2.20. The molecule has 0 aromatic heterocycles. The van der Waals surface area contributed by atoms with Crippen LogP contribution < -0.4 is 5.32 Å². The zero-order chi connectivity index (χ0) is 12.1. The summed E-state index contributed by atoms with van der Waals surface area (Å²) in [7, 11) is 0. The van der Waals surface area contributed by atoms with Crippen molar-refractivity contribution in [3.05, 3.63) is 39.7 Å². The molecule has 0 unspecified atom stereocenters. The monoisotopic (exact) mass is 226 g/mol. The van der Waals surface area contributed by atoms with Crippen molar-refractivity contribution in [3.63, 3.8) is 0 Å². The van der Waals surface area contributed by atoms with E-state index in [0.717, 1.165) is 24.6 Å². The molecule has 1 aromatic carbocycles. The maximum Gasteiger partial charge on any atom is 0.285 e. The Morgan fingerprint density at radius 2 is 2.25 bits per heavy atom. The fourth-order valence-corrected chi connectivity index (χ4v) is 1.18. The fraction of sp³-hybridized carbons (Fsp3) is 0.300.